The zero-order valence-corrected chi connectivity index (χ0v) is 18.6. The summed E-state index contributed by atoms with van der Waals surface area (Å²) in [5.74, 6) is -0.199. The zero-order chi connectivity index (χ0) is 23.9. The van der Waals surface area contributed by atoms with Gasteiger partial charge in [0.15, 0.2) is 6.61 Å². The van der Waals surface area contributed by atoms with Crippen molar-refractivity contribution in [3.8, 4) is 28.4 Å². The highest BCUT2D eigenvalue weighted by atomic mass is 16.5. The van der Waals surface area contributed by atoms with E-state index in [-0.39, 0.29) is 5.56 Å². The van der Waals surface area contributed by atoms with Gasteiger partial charge in [0.1, 0.15) is 22.8 Å². The molecular weight excluding hydrogens is 436 g/mol. The van der Waals surface area contributed by atoms with Gasteiger partial charge in [-0.15, -0.1) is 0 Å². The average Bonchev–Trinajstić information content (AvgIpc) is 3.34. The van der Waals surface area contributed by atoms with E-state index in [0.29, 0.717) is 28.4 Å². The van der Waals surface area contributed by atoms with E-state index >= 15 is 0 Å². The summed E-state index contributed by atoms with van der Waals surface area (Å²) in [5.41, 5.74) is 2.47. The first-order valence-corrected chi connectivity index (χ1v) is 10.3. The Morgan fingerprint density at radius 1 is 1.00 bits per heavy atom. The van der Waals surface area contributed by atoms with Gasteiger partial charge in [0.25, 0.3) is 5.91 Å². The highest BCUT2D eigenvalue weighted by Gasteiger charge is 2.21. The van der Waals surface area contributed by atoms with Gasteiger partial charge < -0.3 is 19.5 Å². The van der Waals surface area contributed by atoms with Crippen LogP contribution in [-0.2, 0) is 9.53 Å². The van der Waals surface area contributed by atoms with E-state index in [4.69, 9.17) is 14.2 Å². The fourth-order valence-corrected chi connectivity index (χ4v) is 3.25. The number of methoxy groups -OCH3 is 2. The number of benzene rings is 2. The molecule has 9 heteroatoms. The van der Waals surface area contributed by atoms with Gasteiger partial charge in [-0.3, -0.25) is 9.78 Å². The Morgan fingerprint density at radius 3 is 2.53 bits per heavy atom. The highest BCUT2D eigenvalue weighted by Crippen LogP contribution is 2.29. The maximum absolute atomic E-state index is 12.9. The van der Waals surface area contributed by atoms with Crippen LogP contribution >= 0.6 is 0 Å². The number of para-hydroxylation sites is 1. The molecule has 2 aromatic carbocycles. The van der Waals surface area contributed by atoms with E-state index in [1.807, 2.05) is 30.3 Å². The molecule has 0 saturated heterocycles. The molecule has 172 valence electrons. The number of carbonyl (C=O) groups excluding carboxylic acids is 2. The molecule has 0 aliphatic rings. The molecule has 2 heterocycles. The minimum absolute atomic E-state index is 0.215. The Hall–Kier alpha value is -4.66. The molecule has 0 unspecified atom stereocenters. The van der Waals surface area contributed by atoms with Gasteiger partial charge in [-0.05, 0) is 36.4 Å². The van der Waals surface area contributed by atoms with Gasteiger partial charge >= 0.3 is 5.97 Å². The van der Waals surface area contributed by atoms with Crippen LogP contribution < -0.4 is 14.8 Å². The van der Waals surface area contributed by atoms with Gasteiger partial charge in [-0.1, -0.05) is 18.2 Å². The van der Waals surface area contributed by atoms with Crippen molar-refractivity contribution in [1.29, 1.82) is 0 Å². The van der Waals surface area contributed by atoms with Crippen molar-refractivity contribution < 1.29 is 23.8 Å². The standard InChI is InChI=1S/C25H22N4O5/c1-32-19-10-11-21(22(13-19)33-2)27-23(30)16-34-25(31)20-15-29(18-8-4-3-5-9-18)28-24(20)17-7-6-12-26-14-17/h3-15H,16H2,1-2H3,(H,27,30). The molecule has 0 atom stereocenters. The summed E-state index contributed by atoms with van der Waals surface area (Å²) in [6, 6.07) is 17.9. The highest BCUT2D eigenvalue weighted by molar-refractivity contribution is 5.99. The number of rotatable bonds is 8. The lowest BCUT2D eigenvalue weighted by Gasteiger charge is -2.11. The predicted octanol–water partition coefficient (Wildman–Crippen LogP) is 3.75. The van der Waals surface area contributed by atoms with Gasteiger partial charge in [0.05, 0.1) is 25.6 Å². The minimum Gasteiger partial charge on any atom is -0.497 e. The van der Waals surface area contributed by atoms with E-state index in [1.54, 1.807) is 53.6 Å². The number of aromatic nitrogens is 3. The van der Waals surface area contributed by atoms with E-state index in [9.17, 15) is 9.59 Å². The van der Waals surface area contributed by atoms with Crippen LogP contribution in [0.3, 0.4) is 0 Å². The molecule has 4 rings (SSSR count). The molecule has 0 aliphatic carbocycles. The van der Waals surface area contributed by atoms with Crippen LogP contribution in [0.25, 0.3) is 16.9 Å². The van der Waals surface area contributed by atoms with Crippen LogP contribution in [0.15, 0.2) is 79.3 Å². The lowest BCUT2D eigenvalue weighted by Crippen LogP contribution is -2.21. The Bertz CT molecular complexity index is 1290. The number of hydrogen-bond acceptors (Lipinski definition) is 7. The molecule has 0 saturated carbocycles. The molecule has 4 aromatic rings. The second-order valence-corrected chi connectivity index (χ2v) is 7.10. The molecule has 0 bridgehead atoms. The number of hydrogen-bond donors (Lipinski definition) is 1. The summed E-state index contributed by atoms with van der Waals surface area (Å²) in [6.45, 7) is -0.489. The van der Waals surface area contributed by atoms with Crippen molar-refractivity contribution in [1.82, 2.24) is 14.8 Å². The molecule has 34 heavy (non-hydrogen) atoms. The normalized spacial score (nSPS) is 10.4. The Kier molecular flexibility index (Phi) is 6.83. The topological polar surface area (TPSA) is 105 Å². The fourth-order valence-electron chi connectivity index (χ4n) is 3.25. The van der Waals surface area contributed by atoms with Gasteiger partial charge in [0, 0.05) is 30.2 Å². The van der Waals surface area contributed by atoms with E-state index in [1.165, 1.54) is 14.2 Å². The van der Waals surface area contributed by atoms with Crippen molar-refractivity contribution in [3.05, 3.63) is 84.8 Å². The second kappa shape index (κ2) is 10.3. The number of nitrogens with one attached hydrogen (secondary N) is 1. The van der Waals surface area contributed by atoms with Gasteiger partial charge in [-0.2, -0.15) is 5.10 Å². The summed E-state index contributed by atoms with van der Waals surface area (Å²) < 4.78 is 17.3. The van der Waals surface area contributed by atoms with E-state index in [0.717, 1.165) is 5.69 Å². The summed E-state index contributed by atoms with van der Waals surface area (Å²) >= 11 is 0. The average molecular weight is 458 g/mol. The summed E-state index contributed by atoms with van der Waals surface area (Å²) in [6.07, 6.45) is 4.81. The SMILES string of the molecule is COc1ccc(NC(=O)COC(=O)c2cn(-c3ccccc3)nc2-c2cccnc2)c(OC)c1. The minimum atomic E-state index is -0.683. The first kappa shape index (κ1) is 22.5. The first-order chi connectivity index (χ1) is 16.6. The van der Waals surface area contributed by atoms with Gasteiger partial charge in [0.2, 0.25) is 0 Å². The third kappa shape index (κ3) is 5.04. The molecule has 0 aliphatic heterocycles. The molecule has 2 aromatic heterocycles. The number of amides is 1. The maximum atomic E-state index is 12.9. The molecule has 9 nitrogen and oxygen atoms in total. The number of anilines is 1. The van der Waals surface area contributed by atoms with Crippen molar-refractivity contribution in [2.45, 2.75) is 0 Å². The van der Waals surface area contributed by atoms with Crippen molar-refractivity contribution in [2.24, 2.45) is 0 Å². The molecule has 0 fully saturated rings. The number of ether oxygens (including phenoxy) is 3. The quantitative estimate of drug-likeness (QED) is 0.401. The largest absolute Gasteiger partial charge is 0.497 e. The Labute approximate surface area is 195 Å². The van der Waals surface area contributed by atoms with Crippen LogP contribution in [0.5, 0.6) is 11.5 Å². The number of pyridine rings is 1. The zero-order valence-electron chi connectivity index (χ0n) is 18.6. The summed E-state index contributed by atoms with van der Waals surface area (Å²) in [5, 5.41) is 7.22. The molecule has 0 radical (unpaired) electrons. The third-order valence-corrected chi connectivity index (χ3v) is 4.91. The number of carbonyl (C=O) groups is 2. The third-order valence-electron chi connectivity index (χ3n) is 4.91. The van der Waals surface area contributed by atoms with Crippen molar-refractivity contribution in [3.63, 3.8) is 0 Å². The van der Waals surface area contributed by atoms with E-state index < -0.39 is 18.5 Å². The maximum Gasteiger partial charge on any atom is 0.342 e. The molecule has 1 N–H and O–H groups in total. The summed E-state index contributed by atoms with van der Waals surface area (Å²) in [4.78, 5) is 29.5. The lowest BCUT2D eigenvalue weighted by molar-refractivity contribution is -0.119. The van der Waals surface area contributed by atoms with Crippen LogP contribution in [0.1, 0.15) is 10.4 Å². The first-order valence-electron chi connectivity index (χ1n) is 10.3. The molecule has 1 amide bonds. The lowest BCUT2D eigenvalue weighted by atomic mass is 10.1. The van der Waals surface area contributed by atoms with E-state index in [2.05, 4.69) is 15.4 Å². The molecular formula is C25H22N4O5. The predicted molar refractivity (Wildman–Crippen MR) is 125 cm³/mol. The van der Waals surface area contributed by atoms with Crippen LogP contribution in [0.4, 0.5) is 5.69 Å². The monoisotopic (exact) mass is 458 g/mol. The van der Waals surface area contributed by atoms with Crippen LogP contribution in [0, 0.1) is 0 Å². The second-order valence-electron chi connectivity index (χ2n) is 7.10. The number of nitrogens with zero attached hydrogens (tertiary/aromatic N) is 3. The van der Waals surface area contributed by atoms with Crippen molar-refractivity contribution in [2.75, 3.05) is 26.1 Å². The van der Waals surface area contributed by atoms with Gasteiger partial charge in [-0.25, -0.2) is 9.48 Å². The smallest absolute Gasteiger partial charge is 0.342 e. The van der Waals surface area contributed by atoms with Crippen LogP contribution in [-0.4, -0.2) is 47.5 Å². The van der Waals surface area contributed by atoms with Crippen molar-refractivity contribution >= 4 is 17.6 Å². The Balaban J connectivity index is 1.51. The fraction of sp³-hybridized carbons (Fsp3) is 0.120. The number of esters is 1. The summed E-state index contributed by atoms with van der Waals surface area (Å²) in [7, 11) is 3.01. The van der Waals surface area contributed by atoms with Crippen LogP contribution in [0.2, 0.25) is 0 Å². The molecule has 0 spiro atoms. The Morgan fingerprint density at radius 2 is 1.82 bits per heavy atom.